The number of amides is 1. The largest absolute Gasteiger partial charge is 0.452 e. The van der Waals surface area contributed by atoms with E-state index in [9.17, 15) is 18.0 Å². The van der Waals surface area contributed by atoms with Gasteiger partial charge in [-0.1, -0.05) is 0 Å². The van der Waals surface area contributed by atoms with Crippen molar-refractivity contribution in [1.82, 2.24) is 4.98 Å². The second kappa shape index (κ2) is 6.86. The Morgan fingerprint density at radius 3 is 2.48 bits per heavy atom. The monoisotopic (exact) mass is 355 g/mol. The Balaban J connectivity index is 1.90. The van der Waals surface area contributed by atoms with Crippen LogP contribution in [0.25, 0.3) is 0 Å². The molecule has 10 heteroatoms. The van der Waals surface area contributed by atoms with Gasteiger partial charge in [0.15, 0.2) is 11.7 Å². The second-order valence-electron chi connectivity index (χ2n) is 4.49. The van der Waals surface area contributed by atoms with Crippen molar-refractivity contribution in [3.63, 3.8) is 0 Å². The fraction of sp³-hybridized carbons (Fsp3) is 0.154. The van der Waals surface area contributed by atoms with Gasteiger partial charge in [-0.15, -0.1) is 11.3 Å². The first-order valence-corrected chi connectivity index (χ1v) is 8.70. The number of nitrogens with two attached hydrogens (primary N) is 1. The predicted octanol–water partition coefficient (Wildman–Crippen LogP) is 0.894. The molecule has 3 N–H and O–H groups in total. The highest BCUT2D eigenvalue weighted by Crippen LogP contribution is 2.14. The van der Waals surface area contributed by atoms with Crippen molar-refractivity contribution in [2.45, 2.75) is 11.8 Å². The predicted molar refractivity (Wildman–Crippen MR) is 83.6 cm³/mol. The topological polar surface area (TPSA) is 128 Å². The van der Waals surface area contributed by atoms with Crippen LogP contribution < -0.4 is 10.5 Å². The van der Waals surface area contributed by atoms with Crippen molar-refractivity contribution in [2.24, 2.45) is 5.14 Å². The van der Waals surface area contributed by atoms with E-state index in [1.165, 1.54) is 35.6 Å². The number of benzene rings is 1. The number of thiazole rings is 1. The lowest BCUT2D eigenvalue weighted by molar-refractivity contribution is -0.119. The highest BCUT2D eigenvalue weighted by Gasteiger charge is 2.13. The lowest BCUT2D eigenvalue weighted by Crippen LogP contribution is -2.21. The summed E-state index contributed by atoms with van der Waals surface area (Å²) in [5, 5.41) is 9.64. The molecule has 1 aromatic carbocycles. The van der Waals surface area contributed by atoms with Crippen LogP contribution in [0, 0.1) is 6.92 Å². The fourth-order valence-electron chi connectivity index (χ4n) is 1.56. The summed E-state index contributed by atoms with van der Waals surface area (Å²) in [5.74, 6) is -1.27. The summed E-state index contributed by atoms with van der Waals surface area (Å²) in [5.41, 5.74) is 0.882. The Kier molecular flexibility index (Phi) is 5.08. The number of rotatable bonds is 5. The Bertz CT molecular complexity index is 828. The number of primary sulfonamides is 1. The number of sulfonamides is 1. The average molecular weight is 355 g/mol. The Morgan fingerprint density at radius 1 is 1.30 bits per heavy atom. The molecule has 0 saturated heterocycles. The Morgan fingerprint density at radius 2 is 1.96 bits per heavy atom. The van der Waals surface area contributed by atoms with E-state index in [4.69, 9.17) is 9.88 Å². The second-order valence-corrected chi connectivity index (χ2v) is 6.91. The van der Waals surface area contributed by atoms with E-state index in [0.717, 1.165) is 5.69 Å². The van der Waals surface area contributed by atoms with Gasteiger partial charge in [0, 0.05) is 5.38 Å². The molecule has 0 unspecified atom stereocenters. The first-order chi connectivity index (χ1) is 10.8. The first-order valence-electron chi connectivity index (χ1n) is 6.27. The molecular weight excluding hydrogens is 342 g/mol. The molecule has 0 aliphatic rings. The van der Waals surface area contributed by atoms with Gasteiger partial charge in [0.05, 0.1) is 16.2 Å². The van der Waals surface area contributed by atoms with Gasteiger partial charge >= 0.3 is 5.97 Å². The van der Waals surface area contributed by atoms with Gasteiger partial charge in [0.25, 0.3) is 5.91 Å². The molecule has 122 valence electrons. The van der Waals surface area contributed by atoms with Crippen LogP contribution in [0.1, 0.15) is 16.1 Å². The number of aryl methyl sites for hydroxylation is 1. The van der Waals surface area contributed by atoms with Gasteiger partial charge in [-0.3, -0.25) is 10.1 Å². The van der Waals surface area contributed by atoms with Crippen molar-refractivity contribution in [1.29, 1.82) is 0 Å². The molecule has 0 atom stereocenters. The van der Waals surface area contributed by atoms with Gasteiger partial charge < -0.3 is 4.74 Å². The van der Waals surface area contributed by atoms with E-state index in [1.807, 2.05) is 0 Å². The molecule has 0 radical (unpaired) electrons. The molecular formula is C13H13N3O5S2. The summed E-state index contributed by atoms with van der Waals surface area (Å²) in [6.07, 6.45) is 0. The molecule has 0 aliphatic carbocycles. The molecule has 1 amide bonds. The first kappa shape index (κ1) is 17.1. The number of carbonyl (C=O) groups is 2. The maximum Gasteiger partial charge on any atom is 0.338 e. The van der Waals surface area contributed by atoms with Crippen molar-refractivity contribution in [3.8, 4) is 0 Å². The third-order valence-electron chi connectivity index (χ3n) is 2.62. The minimum atomic E-state index is -3.83. The zero-order valence-electron chi connectivity index (χ0n) is 12.0. The minimum Gasteiger partial charge on any atom is -0.452 e. The number of nitrogens with zero attached hydrogens (tertiary/aromatic N) is 1. The minimum absolute atomic E-state index is 0.107. The number of aromatic nitrogens is 1. The molecule has 23 heavy (non-hydrogen) atoms. The smallest absolute Gasteiger partial charge is 0.338 e. The van der Waals surface area contributed by atoms with E-state index in [2.05, 4.69) is 10.3 Å². The molecule has 0 fully saturated rings. The van der Waals surface area contributed by atoms with Gasteiger partial charge in [-0.05, 0) is 31.2 Å². The van der Waals surface area contributed by atoms with E-state index >= 15 is 0 Å². The Labute approximate surface area is 136 Å². The standard InChI is InChI=1S/C13H13N3O5S2/c1-8-7-22-13(15-8)16-11(17)6-21-12(18)9-2-4-10(5-3-9)23(14,19)20/h2-5,7H,6H2,1H3,(H2,14,19,20)(H,15,16,17). The molecule has 1 heterocycles. The SMILES string of the molecule is Cc1csc(NC(=O)COC(=O)c2ccc(S(N)(=O)=O)cc2)n1. The number of nitrogens with one attached hydrogen (secondary N) is 1. The molecule has 8 nitrogen and oxygen atoms in total. The molecule has 2 aromatic rings. The van der Waals surface area contributed by atoms with Crippen LogP contribution in [-0.4, -0.2) is 31.9 Å². The summed E-state index contributed by atoms with van der Waals surface area (Å²) in [4.78, 5) is 27.3. The third kappa shape index (κ3) is 4.84. The molecule has 0 saturated carbocycles. The van der Waals surface area contributed by atoms with Crippen molar-refractivity contribution >= 4 is 38.4 Å². The summed E-state index contributed by atoms with van der Waals surface area (Å²) < 4.78 is 27.1. The lowest BCUT2D eigenvalue weighted by Gasteiger charge is -2.05. The van der Waals surface area contributed by atoms with Crippen LogP contribution in [-0.2, 0) is 19.6 Å². The van der Waals surface area contributed by atoms with E-state index in [0.29, 0.717) is 5.13 Å². The zero-order chi connectivity index (χ0) is 17.0. The maximum atomic E-state index is 11.8. The summed E-state index contributed by atoms with van der Waals surface area (Å²) in [6.45, 7) is 1.31. The van der Waals surface area contributed by atoms with Crippen LogP contribution in [0.5, 0.6) is 0 Å². The molecule has 0 spiro atoms. The average Bonchev–Trinajstić information content (AvgIpc) is 2.89. The molecule has 0 bridgehead atoms. The van der Waals surface area contributed by atoms with E-state index in [1.54, 1.807) is 12.3 Å². The summed E-state index contributed by atoms with van der Waals surface area (Å²) >= 11 is 1.26. The summed E-state index contributed by atoms with van der Waals surface area (Å²) in [7, 11) is -3.83. The summed E-state index contributed by atoms with van der Waals surface area (Å²) in [6, 6.07) is 4.88. The number of anilines is 1. The number of esters is 1. The zero-order valence-corrected chi connectivity index (χ0v) is 13.6. The van der Waals surface area contributed by atoms with Crippen LogP contribution in [0.15, 0.2) is 34.5 Å². The molecule has 2 rings (SSSR count). The van der Waals surface area contributed by atoms with Crippen LogP contribution >= 0.6 is 11.3 Å². The lowest BCUT2D eigenvalue weighted by atomic mass is 10.2. The van der Waals surface area contributed by atoms with Crippen molar-refractivity contribution in [3.05, 3.63) is 40.9 Å². The number of ether oxygens (including phenoxy) is 1. The van der Waals surface area contributed by atoms with Gasteiger partial charge in [-0.25, -0.2) is 23.3 Å². The Hall–Kier alpha value is -2.30. The van der Waals surface area contributed by atoms with Crippen LogP contribution in [0.4, 0.5) is 5.13 Å². The van der Waals surface area contributed by atoms with Crippen molar-refractivity contribution in [2.75, 3.05) is 11.9 Å². The van der Waals surface area contributed by atoms with Crippen molar-refractivity contribution < 1.29 is 22.7 Å². The number of hydrogen-bond donors (Lipinski definition) is 2. The van der Waals surface area contributed by atoms with Gasteiger partial charge in [-0.2, -0.15) is 0 Å². The highest BCUT2D eigenvalue weighted by atomic mass is 32.2. The maximum absolute atomic E-state index is 11.8. The highest BCUT2D eigenvalue weighted by molar-refractivity contribution is 7.89. The van der Waals surface area contributed by atoms with Gasteiger partial charge in [0.1, 0.15) is 0 Å². The fourth-order valence-corrected chi connectivity index (χ4v) is 2.78. The number of carbonyl (C=O) groups excluding carboxylic acids is 2. The van der Waals surface area contributed by atoms with Crippen LogP contribution in [0.3, 0.4) is 0 Å². The van der Waals surface area contributed by atoms with E-state index in [-0.39, 0.29) is 10.5 Å². The van der Waals surface area contributed by atoms with E-state index < -0.39 is 28.5 Å². The third-order valence-corrected chi connectivity index (χ3v) is 4.42. The van der Waals surface area contributed by atoms with Crippen LogP contribution in [0.2, 0.25) is 0 Å². The number of hydrogen-bond acceptors (Lipinski definition) is 7. The molecule has 0 aliphatic heterocycles. The van der Waals surface area contributed by atoms with Gasteiger partial charge in [0.2, 0.25) is 10.0 Å². The molecule has 1 aromatic heterocycles. The normalized spacial score (nSPS) is 11.0. The quantitative estimate of drug-likeness (QED) is 0.767.